The average molecular weight is 357 g/mol. The molecule has 0 unspecified atom stereocenters. The molecular weight excluding hydrogens is 330 g/mol. The van der Waals surface area contributed by atoms with Crippen molar-refractivity contribution in [1.82, 2.24) is 14.7 Å². The van der Waals surface area contributed by atoms with Gasteiger partial charge in [-0.15, -0.1) is 0 Å². The van der Waals surface area contributed by atoms with Crippen LogP contribution in [0.2, 0.25) is 0 Å². The predicted octanol–water partition coefficient (Wildman–Crippen LogP) is 0.910. The number of rotatable bonds is 3. The lowest BCUT2D eigenvalue weighted by molar-refractivity contribution is -0.154. The fourth-order valence-electron chi connectivity index (χ4n) is 4.94. The van der Waals surface area contributed by atoms with Gasteiger partial charge in [0.15, 0.2) is 0 Å². The number of amides is 1. The van der Waals surface area contributed by atoms with Gasteiger partial charge < -0.3 is 14.9 Å². The molecule has 1 aromatic carbocycles. The van der Waals surface area contributed by atoms with Crippen molar-refractivity contribution in [2.75, 3.05) is 46.3 Å². The Kier molecular flexibility index (Phi) is 4.49. The van der Waals surface area contributed by atoms with Gasteiger partial charge in [0.05, 0.1) is 6.54 Å². The van der Waals surface area contributed by atoms with Crippen LogP contribution in [0.15, 0.2) is 24.3 Å². The second kappa shape index (κ2) is 6.67. The molecule has 2 fully saturated rings. The zero-order valence-corrected chi connectivity index (χ0v) is 15.4. The van der Waals surface area contributed by atoms with Crippen LogP contribution >= 0.6 is 0 Å². The van der Waals surface area contributed by atoms with Crippen LogP contribution in [0.5, 0.6) is 0 Å². The Morgan fingerprint density at radius 3 is 2.73 bits per heavy atom. The van der Waals surface area contributed by atoms with E-state index in [0.717, 1.165) is 32.5 Å². The maximum atomic E-state index is 12.9. The second-order valence-electron chi connectivity index (χ2n) is 8.19. The molecule has 6 nitrogen and oxygen atoms in total. The van der Waals surface area contributed by atoms with Crippen LogP contribution in [0.25, 0.3) is 0 Å². The van der Waals surface area contributed by atoms with Crippen LogP contribution in [0, 0.1) is 11.3 Å². The van der Waals surface area contributed by atoms with Gasteiger partial charge in [0.2, 0.25) is 5.91 Å². The van der Waals surface area contributed by atoms with E-state index in [9.17, 15) is 14.7 Å². The number of likely N-dealkylation sites (tertiary alicyclic amines) is 2. The monoisotopic (exact) mass is 357 g/mol. The Morgan fingerprint density at radius 2 is 1.96 bits per heavy atom. The van der Waals surface area contributed by atoms with Gasteiger partial charge in [-0.3, -0.25) is 14.5 Å². The average Bonchev–Trinajstić information content (AvgIpc) is 3.02. The topological polar surface area (TPSA) is 64.1 Å². The Bertz CT molecular complexity index is 722. The SMILES string of the molecule is CN1CC[C@H]2CN(C(=O)CN3CCc4ccccc4C3)C[C@@]2(C(=O)O)C1. The van der Waals surface area contributed by atoms with Gasteiger partial charge in [-0.25, -0.2) is 0 Å². The van der Waals surface area contributed by atoms with Gasteiger partial charge in [-0.1, -0.05) is 24.3 Å². The third-order valence-electron chi connectivity index (χ3n) is 6.45. The quantitative estimate of drug-likeness (QED) is 0.871. The molecular formula is C20H27N3O3. The van der Waals surface area contributed by atoms with Crippen molar-refractivity contribution < 1.29 is 14.7 Å². The van der Waals surface area contributed by atoms with Crippen molar-refractivity contribution in [3.63, 3.8) is 0 Å². The van der Waals surface area contributed by atoms with Crippen LogP contribution in [0.1, 0.15) is 17.5 Å². The zero-order valence-electron chi connectivity index (χ0n) is 15.4. The Morgan fingerprint density at radius 1 is 1.19 bits per heavy atom. The van der Waals surface area contributed by atoms with E-state index >= 15 is 0 Å². The first-order valence-electron chi connectivity index (χ1n) is 9.47. The molecule has 6 heteroatoms. The smallest absolute Gasteiger partial charge is 0.313 e. The van der Waals surface area contributed by atoms with Gasteiger partial charge in [0.1, 0.15) is 5.41 Å². The van der Waals surface area contributed by atoms with Crippen LogP contribution in [-0.2, 0) is 22.6 Å². The number of nitrogens with zero attached hydrogens (tertiary/aromatic N) is 3. The number of aliphatic carboxylic acids is 1. The molecule has 0 spiro atoms. The summed E-state index contributed by atoms with van der Waals surface area (Å²) in [5, 5.41) is 9.87. The molecule has 0 saturated carbocycles. The predicted molar refractivity (Wildman–Crippen MR) is 97.7 cm³/mol. The maximum absolute atomic E-state index is 12.9. The van der Waals surface area contributed by atoms with Crippen molar-refractivity contribution in [1.29, 1.82) is 0 Å². The highest BCUT2D eigenvalue weighted by atomic mass is 16.4. The highest BCUT2D eigenvalue weighted by Crippen LogP contribution is 2.42. The van der Waals surface area contributed by atoms with E-state index in [2.05, 4.69) is 28.0 Å². The fourth-order valence-corrected chi connectivity index (χ4v) is 4.94. The molecule has 2 saturated heterocycles. The van der Waals surface area contributed by atoms with E-state index in [4.69, 9.17) is 0 Å². The van der Waals surface area contributed by atoms with Gasteiger partial charge in [-0.05, 0) is 43.5 Å². The molecule has 0 aromatic heterocycles. The standard InChI is InChI=1S/C20H27N3O3/c1-21-8-7-17-11-23(14-20(17,13-21)19(25)26)18(24)12-22-9-6-15-4-2-3-5-16(15)10-22/h2-5,17H,6-14H2,1H3,(H,25,26)/t17-,20-/m0/s1. The largest absolute Gasteiger partial charge is 0.481 e. The van der Waals surface area contributed by atoms with E-state index in [0.29, 0.717) is 26.2 Å². The van der Waals surface area contributed by atoms with E-state index < -0.39 is 11.4 Å². The number of benzene rings is 1. The van der Waals surface area contributed by atoms with Gasteiger partial charge in [0, 0.05) is 32.7 Å². The number of piperidine rings is 1. The fraction of sp³-hybridized carbons (Fsp3) is 0.600. The van der Waals surface area contributed by atoms with Crippen molar-refractivity contribution in [2.45, 2.75) is 19.4 Å². The molecule has 140 valence electrons. The molecule has 26 heavy (non-hydrogen) atoms. The summed E-state index contributed by atoms with van der Waals surface area (Å²) in [5.74, 6) is -0.611. The number of hydrogen-bond donors (Lipinski definition) is 1. The molecule has 4 rings (SSSR count). The molecule has 3 aliphatic heterocycles. The van der Waals surface area contributed by atoms with Crippen LogP contribution < -0.4 is 0 Å². The number of carbonyl (C=O) groups excluding carboxylic acids is 1. The van der Waals surface area contributed by atoms with Crippen molar-refractivity contribution in [2.24, 2.45) is 11.3 Å². The summed E-state index contributed by atoms with van der Waals surface area (Å²) in [6.45, 7) is 4.44. The normalized spacial score (nSPS) is 29.3. The van der Waals surface area contributed by atoms with Gasteiger partial charge in [0.25, 0.3) is 0 Å². The maximum Gasteiger partial charge on any atom is 0.313 e. The Balaban J connectivity index is 1.43. The minimum atomic E-state index is -0.794. The summed E-state index contributed by atoms with van der Waals surface area (Å²) >= 11 is 0. The lowest BCUT2D eigenvalue weighted by atomic mass is 9.73. The molecule has 3 heterocycles. The first kappa shape index (κ1) is 17.5. The van der Waals surface area contributed by atoms with E-state index in [1.54, 1.807) is 4.90 Å². The van der Waals surface area contributed by atoms with Crippen LogP contribution in [0.4, 0.5) is 0 Å². The zero-order chi connectivity index (χ0) is 18.3. The first-order valence-corrected chi connectivity index (χ1v) is 9.47. The summed E-state index contributed by atoms with van der Waals surface area (Å²) in [6.07, 6.45) is 1.82. The number of carboxylic acids is 1. The lowest BCUT2D eigenvalue weighted by Gasteiger charge is -2.39. The number of carboxylic acid groups (broad SMARTS) is 1. The van der Waals surface area contributed by atoms with Crippen molar-refractivity contribution >= 4 is 11.9 Å². The molecule has 1 amide bonds. The molecule has 2 atom stereocenters. The van der Waals surface area contributed by atoms with Crippen LogP contribution in [-0.4, -0.2) is 78.0 Å². The summed E-state index contributed by atoms with van der Waals surface area (Å²) in [4.78, 5) is 31.0. The molecule has 0 bridgehead atoms. The highest BCUT2D eigenvalue weighted by molar-refractivity contribution is 5.82. The molecule has 0 aliphatic carbocycles. The minimum absolute atomic E-state index is 0.0714. The van der Waals surface area contributed by atoms with E-state index in [-0.39, 0.29) is 11.8 Å². The van der Waals surface area contributed by atoms with Gasteiger partial charge >= 0.3 is 5.97 Å². The van der Waals surface area contributed by atoms with Crippen LogP contribution in [0.3, 0.4) is 0 Å². The molecule has 0 radical (unpaired) electrons. The van der Waals surface area contributed by atoms with E-state index in [1.165, 1.54) is 11.1 Å². The molecule has 1 aromatic rings. The lowest BCUT2D eigenvalue weighted by Crippen LogP contribution is -2.52. The molecule has 1 N–H and O–H groups in total. The van der Waals surface area contributed by atoms with Crippen molar-refractivity contribution in [3.8, 4) is 0 Å². The minimum Gasteiger partial charge on any atom is -0.481 e. The first-order chi connectivity index (χ1) is 12.5. The summed E-state index contributed by atoms with van der Waals surface area (Å²) in [7, 11) is 1.97. The summed E-state index contributed by atoms with van der Waals surface area (Å²) in [6, 6.07) is 8.40. The number of fused-ring (bicyclic) bond motifs is 2. The highest BCUT2D eigenvalue weighted by Gasteiger charge is 2.55. The Labute approximate surface area is 154 Å². The third-order valence-corrected chi connectivity index (χ3v) is 6.45. The summed E-state index contributed by atoms with van der Waals surface area (Å²) < 4.78 is 0. The number of hydrogen-bond acceptors (Lipinski definition) is 4. The second-order valence-corrected chi connectivity index (χ2v) is 8.19. The van der Waals surface area contributed by atoms with Gasteiger partial charge in [-0.2, -0.15) is 0 Å². The third kappa shape index (κ3) is 3.01. The number of carbonyl (C=O) groups is 2. The van der Waals surface area contributed by atoms with Crippen molar-refractivity contribution in [3.05, 3.63) is 35.4 Å². The summed E-state index contributed by atoms with van der Waals surface area (Å²) in [5.41, 5.74) is 1.87. The Hall–Kier alpha value is -1.92. The van der Waals surface area contributed by atoms with E-state index in [1.807, 2.05) is 13.1 Å². The molecule has 3 aliphatic rings.